The molecule has 0 saturated carbocycles. The van der Waals surface area contributed by atoms with Crippen molar-refractivity contribution in [2.75, 3.05) is 4.90 Å². The van der Waals surface area contributed by atoms with E-state index in [-0.39, 0.29) is 12.2 Å². The van der Waals surface area contributed by atoms with Crippen LogP contribution in [-0.4, -0.2) is 23.6 Å². The molecule has 0 fully saturated rings. The maximum atomic E-state index is 12.7. The summed E-state index contributed by atoms with van der Waals surface area (Å²) in [6.07, 6.45) is 13.3. The van der Waals surface area contributed by atoms with Gasteiger partial charge in [-0.3, -0.25) is 9.79 Å². The van der Waals surface area contributed by atoms with Gasteiger partial charge in [0, 0.05) is 30.2 Å². The highest BCUT2D eigenvalue weighted by atomic mass is 16.2. The normalized spacial score (nSPS) is 26.4. The first-order valence-corrected chi connectivity index (χ1v) is 8.36. The van der Waals surface area contributed by atoms with Gasteiger partial charge in [-0.15, -0.1) is 0 Å². The lowest BCUT2D eigenvalue weighted by atomic mass is 9.68. The third kappa shape index (κ3) is 2.56. The minimum absolute atomic E-state index is 0.102. The number of hydrogen-bond donors (Lipinski definition) is 2. The minimum atomic E-state index is -0.758. The number of benzene rings is 1. The van der Waals surface area contributed by atoms with Gasteiger partial charge < -0.3 is 16.0 Å². The molecule has 2 aliphatic carbocycles. The number of primary amides is 1. The van der Waals surface area contributed by atoms with Gasteiger partial charge in [0.2, 0.25) is 0 Å². The number of Topliss-reactive ketones (excluding diaryl/α,β-unsaturated/α-hetero) is 1. The summed E-state index contributed by atoms with van der Waals surface area (Å²) in [6, 6.07) is 8.34. The van der Waals surface area contributed by atoms with Gasteiger partial charge in [-0.2, -0.15) is 0 Å². The quantitative estimate of drug-likeness (QED) is 0.862. The summed E-state index contributed by atoms with van der Waals surface area (Å²) >= 11 is 0. The lowest BCUT2D eigenvalue weighted by Gasteiger charge is -2.42. The molecule has 6 heteroatoms. The summed E-state index contributed by atoms with van der Waals surface area (Å²) in [7, 11) is 0. The van der Waals surface area contributed by atoms with Gasteiger partial charge in [-0.05, 0) is 24.3 Å². The number of anilines is 1. The molecule has 0 saturated heterocycles. The molecular formula is C20H18N4O2. The van der Waals surface area contributed by atoms with Crippen LogP contribution in [0.25, 0.3) is 0 Å². The van der Waals surface area contributed by atoms with E-state index in [4.69, 9.17) is 5.73 Å². The Morgan fingerprint density at radius 2 is 2.08 bits per heavy atom. The number of aliphatic imine (C=N–C) groups is 1. The van der Waals surface area contributed by atoms with E-state index in [1.807, 2.05) is 65.7 Å². The Kier molecular flexibility index (Phi) is 3.80. The van der Waals surface area contributed by atoms with Crippen molar-refractivity contribution < 1.29 is 9.59 Å². The molecule has 26 heavy (non-hydrogen) atoms. The molecule has 2 atom stereocenters. The average molecular weight is 346 g/mol. The van der Waals surface area contributed by atoms with E-state index >= 15 is 0 Å². The number of urea groups is 1. The van der Waals surface area contributed by atoms with E-state index < -0.39 is 17.5 Å². The van der Waals surface area contributed by atoms with Gasteiger partial charge in [-0.1, -0.05) is 36.4 Å². The van der Waals surface area contributed by atoms with E-state index in [9.17, 15) is 9.59 Å². The zero-order valence-electron chi connectivity index (χ0n) is 14.0. The maximum absolute atomic E-state index is 12.7. The number of nitrogens with one attached hydrogen (secondary N) is 1. The molecule has 130 valence electrons. The van der Waals surface area contributed by atoms with Crippen molar-refractivity contribution in [3.8, 4) is 0 Å². The van der Waals surface area contributed by atoms with Crippen LogP contribution in [0.5, 0.6) is 0 Å². The van der Waals surface area contributed by atoms with Gasteiger partial charge in [-0.25, -0.2) is 4.79 Å². The fourth-order valence-electron chi connectivity index (χ4n) is 3.64. The molecule has 3 aliphatic rings. The van der Waals surface area contributed by atoms with E-state index in [2.05, 4.69) is 10.3 Å². The number of allylic oxidation sites excluding steroid dienone is 4. The van der Waals surface area contributed by atoms with E-state index in [0.717, 1.165) is 17.1 Å². The zero-order valence-corrected chi connectivity index (χ0v) is 14.0. The van der Waals surface area contributed by atoms with Crippen LogP contribution < -0.4 is 16.0 Å². The van der Waals surface area contributed by atoms with Crippen LogP contribution in [0.2, 0.25) is 0 Å². The van der Waals surface area contributed by atoms with Gasteiger partial charge in [0.1, 0.15) is 6.04 Å². The number of rotatable bonds is 2. The topological polar surface area (TPSA) is 87.8 Å². The number of carbonyl (C=O) groups excluding carboxylic acids is 2. The van der Waals surface area contributed by atoms with Crippen molar-refractivity contribution in [1.82, 2.24) is 5.32 Å². The van der Waals surface area contributed by atoms with Crippen LogP contribution in [0, 0.1) is 5.41 Å². The Morgan fingerprint density at radius 1 is 1.27 bits per heavy atom. The van der Waals surface area contributed by atoms with Crippen molar-refractivity contribution in [3.63, 3.8) is 0 Å². The van der Waals surface area contributed by atoms with Crippen molar-refractivity contribution in [3.05, 3.63) is 78.8 Å². The SMILES string of the molecule is NC(=O)NC1C=C2N(c3ccccc3)C=CN=C3C=CC=CC23CC1=O. The largest absolute Gasteiger partial charge is 0.352 e. The highest BCUT2D eigenvalue weighted by molar-refractivity contribution is 6.10. The summed E-state index contributed by atoms with van der Waals surface area (Å²) in [4.78, 5) is 30.6. The highest BCUT2D eigenvalue weighted by Gasteiger charge is 2.47. The molecule has 1 heterocycles. The molecule has 1 aromatic rings. The Labute approximate surface area is 151 Å². The number of amides is 2. The Hall–Kier alpha value is -3.41. The van der Waals surface area contributed by atoms with Crippen LogP contribution in [-0.2, 0) is 4.79 Å². The van der Waals surface area contributed by atoms with Gasteiger partial charge in [0.15, 0.2) is 5.78 Å². The number of nitrogens with zero attached hydrogens (tertiary/aromatic N) is 2. The molecule has 0 bridgehead atoms. The summed E-state index contributed by atoms with van der Waals surface area (Å²) in [5.41, 5.74) is 7.20. The lowest BCUT2D eigenvalue weighted by Crippen LogP contribution is -2.51. The second kappa shape index (κ2) is 6.15. The highest BCUT2D eigenvalue weighted by Crippen LogP contribution is 2.45. The molecule has 3 N–H and O–H groups in total. The fraction of sp³-hybridized carbons (Fsp3) is 0.150. The molecule has 0 radical (unpaired) electrons. The second-order valence-electron chi connectivity index (χ2n) is 6.39. The number of para-hydroxylation sites is 1. The Morgan fingerprint density at radius 3 is 2.85 bits per heavy atom. The molecule has 1 spiro atoms. The Balaban J connectivity index is 1.89. The predicted octanol–water partition coefficient (Wildman–Crippen LogP) is 2.42. The van der Waals surface area contributed by atoms with Crippen molar-refractivity contribution in [1.29, 1.82) is 0 Å². The number of nitrogens with two attached hydrogens (primary N) is 1. The van der Waals surface area contributed by atoms with Crippen LogP contribution in [0.1, 0.15) is 6.42 Å². The molecule has 1 aliphatic heterocycles. The molecule has 2 unspecified atom stereocenters. The van der Waals surface area contributed by atoms with Crippen LogP contribution in [0.4, 0.5) is 10.5 Å². The van der Waals surface area contributed by atoms with Crippen molar-refractivity contribution in [2.45, 2.75) is 12.5 Å². The number of carbonyl (C=O) groups is 2. The lowest BCUT2D eigenvalue weighted by molar-refractivity contribution is -0.121. The smallest absolute Gasteiger partial charge is 0.313 e. The molecule has 1 aromatic carbocycles. The number of hydrogen-bond acceptors (Lipinski definition) is 4. The average Bonchev–Trinajstić information content (AvgIpc) is 2.79. The van der Waals surface area contributed by atoms with Gasteiger partial charge >= 0.3 is 6.03 Å². The molecule has 4 rings (SSSR count). The summed E-state index contributed by atoms with van der Waals surface area (Å²) in [5.74, 6) is -0.102. The molecule has 0 aromatic heterocycles. The first kappa shape index (κ1) is 16.1. The van der Waals surface area contributed by atoms with Gasteiger partial charge in [0.05, 0.1) is 11.1 Å². The first-order valence-electron chi connectivity index (χ1n) is 8.36. The second-order valence-corrected chi connectivity index (χ2v) is 6.39. The van der Waals surface area contributed by atoms with E-state index in [0.29, 0.717) is 0 Å². The first-order chi connectivity index (χ1) is 12.6. The van der Waals surface area contributed by atoms with Gasteiger partial charge in [0.25, 0.3) is 0 Å². The molecular weight excluding hydrogens is 328 g/mol. The monoisotopic (exact) mass is 346 g/mol. The van der Waals surface area contributed by atoms with Crippen molar-refractivity contribution >= 4 is 23.2 Å². The van der Waals surface area contributed by atoms with Crippen LogP contribution in [0.15, 0.2) is 83.8 Å². The van der Waals surface area contributed by atoms with Crippen LogP contribution >= 0.6 is 0 Å². The summed E-state index contributed by atoms with van der Waals surface area (Å²) in [5, 5.41) is 2.53. The zero-order chi connectivity index (χ0) is 18.1. The third-order valence-electron chi connectivity index (χ3n) is 4.81. The molecule has 2 amide bonds. The third-order valence-corrected chi connectivity index (χ3v) is 4.81. The minimum Gasteiger partial charge on any atom is -0.352 e. The van der Waals surface area contributed by atoms with E-state index in [1.54, 1.807) is 12.3 Å². The summed E-state index contributed by atoms with van der Waals surface area (Å²) in [6.45, 7) is 0. The molecule has 6 nitrogen and oxygen atoms in total. The van der Waals surface area contributed by atoms with E-state index in [1.165, 1.54) is 0 Å². The predicted molar refractivity (Wildman–Crippen MR) is 100 cm³/mol. The van der Waals surface area contributed by atoms with Crippen LogP contribution in [0.3, 0.4) is 0 Å². The standard InChI is InChI=1S/C20H18N4O2/c21-19(26)23-15-12-18-20(13-16(15)25)9-5-4-8-17(20)22-10-11-24(18)14-6-2-1-3-7-14/h1-12,15H,13H2,(H3,21,23,26). The fourth-order valence-corrected chi connectivity index (χ4v) is 3.64. The van der Waals surface area contributed by atoms with Crippen molar-refractivity contribution in [2.24, 2.45) is 16.1 Å². The Bertz CT molecular complexity index is 911. The number of ketones is 1. The maximum Gasteiger partial charge on any atom is 0.313 e. The summed E-state index contributed by atoms with van der Waals surface area (Å²) < 4.78 is 0.